The van der Waals surface area contributed by atoms with Crippen LogP contribution >= 0.6 is 0 Å². The highest BCUT2D eigenvalue weighted by atomic mass is 32.2. The molecule has 1 saturated heterocycles. The maximum atomic E-state index is 13.0. The smallest absolute Gasteiger partial charge is 0.328 e. The van der Waals surface area contributed by atoms with Crippen molar-refractivity contribution >= 4 is 33.5 Å². The second kappa shape index (κ2) is 11.2. The monoisotopic (exact) mass is 489 g/mol. The Kier molecular flexibility index (Phi) is 8.37. The zero-order valence-electron chi connectivity index (χ0n) is 18.9. The zero-order valence-corrected chi connectivity index (χ0v) is 19.8. The molecule has 0 spiro atoms. The maximum Gasteiger partial charge on any atom is 0.328 e. The molecular weight excluding hydrogens is 462 g/mol. The highest BCUT2D eigenvalue weighted by Crippen LogP contribution is 2.24. The first-order chi connectivity index (χ1) is 16.2. The predicted molar refractivity (Wildman–Crippen MR) is 124 cm³/mol. The molecule has 11 heteroatoms. The molecule has 1 heterocycles. The van der Waals surface area contributed by atoms with Gasteiger partial charge in [0.1, 0.15) is 6.04 Å². The van der Waals surface area contributed by atoms with Gasteiger partial charge in [0.25, 0.3) is 11.8 Å². The first-order valence-corrected chi connectivity index (χ1v) is 12.1. The summed E-state index contributed by atoms with van der Waals surface area (Å²) in [7, 11) is -3.75. The van der Waals surface area contributed by atoms with E-state index >= 15 is 0 Å². The molecule has 10 nitrogen and oxygen atoms in total. The molecule has 34 heavy (non-hydrogen) atoms. The Hall–Kier alpha value is -3.28. The van der Waals surface area contributed by atoms with Crippen LogP contribution in [0.25, 0.3) is 0 Å². The molecule has 0 aromatic heterocycles. The fraction of sp³-hybridized carbons (Fsp3) is 0.348. The van der Waals surface area contributed by atoms with Crippen molar-refractivity contribution in [2.24, 2.45) is 0 Å². The van der Waals surface area contributed by atoms with Gasteiger partial charge in [0, 0.05) is 24.3 Å². The largest absolute Gasteiger partial charge is 0.454 e. The molecule has 0 radical (unpaired) electrons. The van der Waals surface area contributed by atoms with Crippen LogP contribution in [0.15, 0.2) is 53.4 Å². The number of nitrogens with one attached hydrogen (secondary N) is 2. The van der Waals surface area contributed by atoms with Crippen molar-refractivity contribution in [3.63, 3.8) is 0 Å². The Morgan fingerprint density at radius 1 is 1.09 bits per heavy atom. The standard InChI is InChI=1S/C23H27N3O7S/c1-16-8-9-19(14-20(16)34(30,31)26-10-12-32-13-11-26)25-21(27)15-33-23(29)17(2)24-22(28)18-6-4-3-5-7-18/h3-9,14,17H,10-13,15H2,1-2H3,(H,24,28)(H,25,27)/t17-/m0/s1. The molecule has 0 saturated carbocycles. The van der Waals surface area contributed by atoms with Crippen LogP contribution in [0.2, 0.25) is 0 Å². The minimum atomic E-state index is -3.75. The van der Waals surface area contributed by atoms with E-state index in [1.165, 1.54) is 17.3 Å². The van der Waals surface area contributed by atoms with E-state index in [-0.39, 0.29) is 23.7 Å². The predicted octanol–water partition coefficient (Wildman–Crippen LogP) is 1.32. The first-order valence-electron chi connectivity index (χ1n) is 10.7. The number of hydrogen-bond acceptors (Lipinski definition) is 7. The molecular formula is C23H27N3O7S. The number of morpholine rings is 1. The Labute approximate surface area is 198 Å². The van der Waals surface area contributed by atoms with Gasteiger partial charge >= 0.3 is 5.97 Å². The highest BCUT2D eigenvalue weighted by molar-refractivity contribution is 7.89. The molecule has 2 amide bonds. The van der Waals surface area contributed by atoms with Crippen molar-refractivity contribution in [2.75, 3.05) is 38.2 Å². The fourth-order valence-corrected chi connectivity index (χ4v) is 4.93. The van der Waals surface area contributed by atoms with Crippen LogP contribution in [-0.4, -0.2) is 69.5 Å². The third-order valence-corrected chi connectivity index (χ3v) is 7.18. The number of aryl methyl sites for hydroxylation is 1. The van der Waals surface area contributed by atoms with Gasteiger partial charge in [0.2, 0.25) is 10.0 Å². The average molecular weight is 490 g/mol. The number of carbonyl (C=O) groups is 3. The fourth-order valence-electron chi connectivity index (χ4n) is 3.27. The number of amides is 2. The summed E-state index contributed by atoms with van der Waals surface area (Å²) in [5, 5.41) is 5.04. The van der Waals surface area contributed by atoms with Gasteiger partial charge in [-0.3, -0.25) is 9.59 Å². The van der Waals surface area contributed by atoms with Gasteiger partial charge in [0.15, 0.2) is 6.61 Å². The van der Waals surface area contributed by atoms with Gasteiger partial charge in [0.05, 0.1) is 18.1 Å². The molecule has 2 N–H and O–H groups in total. The first kappa shape index (κ1) is 25.3. The van der Waals surface area contributed by atoms with Crippen molar-refractivity contribution in [1.29, 1.82) is 0 Å². The van der Waals surface area contributed by atoms with Crippen molar-refractivity contribution in [3.8, 4) is 0 Å². The Morgan fingerprint density at radius 3 is 2.44 bits per heavy atom. The van der Waals surface area contributed by atoms with E-state index in [1.807, 2.05) is 0 Å². The summed E-state index contributed by atoms with van der Waals surface area (Å²) in [6.45, 7) is 3.69. The number of esters is 1. The second-order valence-corrected chi connectivity index (χ2v) is 9.62. The lowest BCUT2D eigenvalue weighted by Gasteiger charge is -2.26. The molecule has 0 unspecified atom stereocenters. The Balaban J connectivity index is 1.56. The molecule has 0 bridgehead atoms. The number of carbonyl (C=O) groups excluding carboxylic acids is 3. The molecule has 1 aliphatic rings. The van der Waals surface area contributed by atoms with Crippen LogP contribution in [0.3, 0.4) is 0 Å². The van der Waals surface area contributed by atoms with Crippen LogP contribution in [0, 0.1) is 6.92 Å². The van der Waals surface area contributed by atoms with E-state index in [9.17, 15) is 22.8 Å². The quantitative estimate of drug-likeness (QED) is 0.535. The van der Waals surface area contributed by atoms with Gasteiger partial charge in [-0.25, -0.2) is 13.2 Å². The minimum Gasteiger partial charge on any atom is -0.454 e. The van der Waals surface area contributed by atoms with Crippen LogP contribution in [-0.2, 0) is 29.1 Å². The van der Waals surface area contributed by atoms with Gasteiger partial charge in [-0.15, -0.1) is 0 Å². The van der Waals surface area contributed by atoms with E-state index in [0.717, 1.165) is 0 Å². The number of ether oxygens (including phenoxy) is 2. The zero-order chi connectivity index (χ0) is 24.7. The van der Waals surface area contributed by atoms with Crippen molar-refractivity contribution in [2.45, 2.75) is 24.8 Å². The molecule has 2 aromatic carbocycles. The number of benzene rings is 2. The third kappa shape index (κ3) is 6.40. The lowest BCUT2D eigenvalue weighted by atomic mass is 10.2. The number of rotatable bonds is 8. The topological polar surface area (TPSA) is 131 Å². The summed E-state index contributed by atoms with van der Waals surface area (Å²) in [5.41, 5.74) is 1.19. The summed E-state index contributed by atoms with van der Waals surface area (Å²) < 4.78 is 37.5. The van der Waals surface area contributed by atoms with Crippen LogP contribution in [0.1, 0.15) is 22.8 Å². The summed E-state index contributed by atoms with van der Waals surface area (Å²) >= 11 is 0. The summed E-state index contributed by atoms with van der Waals surface area (Å²) in [4.78, 5) is 36.7. The van der Waals surface area contributed by atoms with Crippen LogP contribution in [0.5, 0.6) is 0 Å². The summed E-state index contributed by atoms with van der Waals surface area (Å²) in [6.07, 6.45) is 0. The number of hydrogen-bond donors (Lipinski definition) is 2. The number of sulfonamides is 1. The molecule has 182 valence electrons. The van der Waals surface area contributed by atoms with Crippen LogP contribution in [0.4, 0.5) is 5.69 Å². The van der Waals surface area contributed by atoms with E-state index in [1.54, 1.807) is 49.4 Å². The van der Waals surface area contributed by atoms with E-state index in [0.29, 0.717) is 24.3 Å². The van der Waals surface area contributed by atoms with Gasteiger partial charge in [-0.05, 0) is 43.7 Å². The van der Waals surface area contributed by atoms with Crippen LogP contribution < -0.4 is 10.6 Å². The molecule has 2 aromatic rings. The SMILES string of the molecule is Cc1ccc(NC(=O)COC(=O)[C@H](C)NC(=O)c2ccccc2)cc1S(=O)(=O)N1CCOCC1. The van der Waals surface area contributed by atoms with E-state index in [4.69, 9.17) is 9.47 Å². The van der Waals surface area contributed by atoms with Crippen molar-refractivity contribution in [1.82, 2.24) is 9.62 Å². The van der Waals surface area contributed by atoms with Crippen molar-refractivity contribution < 1.29 is 32.3 Å². The molecule has 0 aliphatic carbocycles. The second-order valence-electron chi connectivity index (χ2n) is 7.71. The summed E-state index contributed by atoms with van der Waals surface area (Å²) in [5.74, 6) is -1.87. The molecule has 1 fully saturated rings. The Morgan fingerprint density at radius 2 is 1.76 bits per heavy atom. The van der Waals surface area contributed by atoms with Crippen molar-refractivity contribution in [3.05, 3.63) is 59.7 Å². The third-order valence-electron chi connectivity index (χ3n) is 5.14. The Bertz CT molecular complexity index is 1150. The molecule has 1 atom stereocenters. The van der Waals surface area contributed by atoms with Gasteiger partial charge in [-0.1, -0.05) is 24.3 Å². The summed E-state index contributed by atoms with van der Waals surface area (Å²) in [6, 6.07) is 11.9. The number of anilines is 1. The molecule has 3 rings (SSSR count). The average Bonchev–Trinajstić information content (AvgIpc) is 2.84. The molecule has 1 aliphatic heterocycles. The normalized spacial score (nSPS) is 15.2. The van der Waals surface area contributed by atoms with E-state index < -0.39 is 40.5 Å². The minimum absolute atomic E-state index is 0.0847. The number of nitrogens with zero attached hydrogens (tertiary/aromatic N) is 1. The van der Waals surface area contributed by atoms with Gasteiger partial charge < -0.3 is 20.1 Å². The van der Waals surface area contributed by atoms with E-state index in [2.05, 4.69) is 10.6 Å². The lowest BCUT2D eigenvalue weighted by molar-refractivity contribution is -0.148. The highest BCUT2D eigenvalue weighted by Gasteiger charge is 2.28. The lowest BCUT2D eigenvalue weighted by Crippen LogP contribution is -2.41. The van der Waals surface area contributed by atoms with Gasteiger partial charge in [-0.2, -0.15) is 4.31 Å². The maximum absolute atomic E-state index is 13.0.